The molecule has 0 aromatic carbocycles. The third kappa shape index (κ3) is 4.44. The number of pyridine rings is 1. The quantitative estimate of drug-likeness (QED) is 0.843. The summed E-state index contributed by atoms with van der Waals surface area (Å²) in [6, 6.07) is 4.92. The molecular formula is C14H23N3. The molecule has 17 heavy (non-hydrogen) atoms. The van der Waals surface area contributed by atoms with Gasteiger partial charge in [-0.2, -0.15) is 0 Å². The number of rotatable bonds is 5. The van der Waals surface area contributed by atoms with E-state index in [0.717, 1.165) is 12.6 Å². The lowest BCUT2D eigenvalue weighted by molar-refractivity contribution is 0.282. The van der Waals surface area contributed by atoms with E-state index in [1.165, 1.54) is 44.3 Å². The summed E-state index contributed by atoms with van der Waals surface area (Å²) >= 11 is 0. The van der Waals surface area contributed by atoms with Crippen molar-refractivity contribution in [1.29, 1.82) is 0 Å². The van der Waals surface area contributed by atoms with E-state index in [9.17, 15) is 0 Å². The van der Waals surface area contributed by atoms with Crippen LogP contribution in [0.5, 0.6) is 0 Å². The fourth-order valence-corrected chi connectivity index (χ4v) is 2.43. The smallest absolute Gasteiger partial charge is 0.0271 e. The lowest BCUT2D eigenvalue weighted by atomic mass is 10.0. The van der Waals surface area contributed by atoms with Crippen molar-refractivity contribution in [3.63, 3.8) is 0 Å². The van der Waals surface area contributed by atoms with Gasteiger partial charge >= 0.3 is 0 Å². The Morgan fingerprint density at radius 3 is 2.88 bits per heavy atom. The second-order valence-electron chi connectivity index (χ2n) is 5.03. The maximum Gasteiger partial charge on any atom is 0.0271 e. The molecule has 94 valence electrons. The third-order valence-electron chi connectivity index (χ3n) is 3.47. The molecule has 3 nitrogen and oxygen atoms in total. The minimum Gasteiger partial charge on any atom is -0.314 e. The van der Waals surface area contributed by atoms with Gasteiger partial charge in [-0.05, 0) is 57.1 Å². The van der Waals surface area contributed by atoms with Crippen molar-refractivity contribution in [3.8, 4) is 0 Å². The number of nitrogens with zero attached hydrogens (tertiary/aromatic N) is 2. The summed E-state index contributed by atoms with van der Waals surface area (Å²) in [5, 5.41) is 3.60. The molecule has 1 fully saturated rings. The molecule has 0 amide bonds. The SMILES string of the molecule is CN(CCC1CCCCN1)Cc1ccncc1. The average Bonchev–Trinajstić information content (AvgIpc) is 2.39. The van der Waals surface area contributed by atoms with E-state index in [0.29, 0.717) is 0 Å². The normalized spacial score (nSPS) is 20.7. The van der Waals surface area contributed by atoms with Gasteiger partial charge in [0.05, 0.1) is 0 Å². The highest BCUT2D eigenvalue weighted by Crippen LogP contribution is 2.11. The summed E-state index contributed by atoms with van der Waals surface area (Å²) in [5.41, 5.74) is 1.35. The average molecular weight is 233 g/mol. The second-order valence-corrected chi connectivity index (χ2v) is 5.03. The first kappa shape index (κ1) is 12.5. The van der Waals surface area contributed by atoms with Crippen molar-refractivity contribution < 1.29 is 0 Å². The predicted octanol–water partition coefficient (Wildman–Crippen LogP) is 2.05. The Hall–Kier alpha value is -0.930. The molecule has 1 aliphatic rings. The first-order chi connectivity index (χ1) is 8.34. The Morgan fingerprint density at radius 1 is 1.35 bits per heavy atom. The molecule has 1 N–H and O–H groups in total. The van der Waals surface area contributed by atoms with Crippen molar-refractivity contribution in [2.24, 2.45) is 0 Å². The highest BCUT2D eigenvalue weighted by molar-refractivity contribution is 5.09. The Bertz CT molecular complexity index is 307. The standard InChI is InChI=1S/C14H23N3/c1-17(12-13-5-9-15-10-6-13)11-7-14-4-2-3-8-16-14/h5-6,9-10,14,16H,2-4,7-8,11-12H2,1H3. The van der Waals surface area contributed by atoms with Crippen LogP contribution in [0.4, 0.5) is 0 Å². The molecule has 0 bridgehead atoms. The second kappa shape index (κ2) is 6.72. The van der Waals surface area contributed by atoms with Gasteiger partial charge in [0.1, 0.15) is 0 Å². The van der Waals surface area contributed by atoms with Gasteiger partial charge in [0.2, 0.25) is 0 Å². The summed E-state index contributed by atoms with van der Waals surface area (Å²) in [4.78, 5) is 6.44. The lowest BCUT2D eigenvalue weighted by Gasteiger charge is -2.26. The zero-order chi connectivity index (χ0) is 11.9. The highest BCUT2D eigenvalue weighted by Gasteiger charge is 2.12. The van der Waals surface area contributed by atoms with Crippen molar-refractivity contribution in [3.05, 3.63) is 30.1 Å². The van der Waals surface area contributed by atoms with Crippen LogP contribution in [0.2, 0.25) is 0 Å². The molecule has 1 saturated heterocycles. The highest BCUT2D eigenvalue weighted by atomic mass is 15.1. The van der Waals surface area contributed by atoms with Crippen LogP contribution in [0.15, 0.2) is 24.5 Å². The van der Waals surface area contributed by atoms with Crippen LogP contribution in [-0.2, 0) is 6.54 Å². The maximum atomic E-state index is 4.04. The number of nitrogens with one attached hydrogen (secondary N) is 1. The number of hydrogen-bond donors (Lipinski definition) is 1. The lowest BCUT2D eigenvalue weighted by Crippen LogP contribution is -2.36. The number of piperidine rings is 1. The van der Waals surface area contributed by atoms with Gasteiger partial charge in [-0.3, -0.25) is 4.98 Å². The maximum absolute atomic E-state index is 4.04. The summed E-state index contributed by atoms with van der Waals surface area (Å²) in [6.07, 6.45) is 9.09. The van der Waals surface area contributed by atoms with Gasteiger partial charge in [-0.25, -0.2) is 0 Å². The monoisotopic (exact) mass is 233 g/mol. The Kier molecular flexibility index (Phi) is 4.95. The first-order valence-corrected chi connectivity index (χ1v) is 6.65. The molecule has 0 aliphatic carbocycles. The van der Waals surface area contributed by atoms with Crippen molar-refractivity contribution in [2.75, 3.05) is 20.1 Å². The number of hydrogen-bond acceptors (Lipinski definition) is 3. The third-order valence-corrected chi connectivity index (χ3v) is 3.47. The minimum absolute atomic E-state index is 0.739. The summed E-state index contributed by atoms with van der Waals surface area (Å²) in [7, 11) is 2.20. The largest absolute Gasteiger partial charge is 0.314 e. The van der Waals surface area contributed by atoms with Gasteiger partial charge in [-0.1, -0.05) is 6.42 Å². The molecule has 1 aromatic rings. The van der Waals surface area contributed by atoms with Crippen LogP contribution in [0.3, 0.4) is 0 Å². The Balaban J connectivity index is 1.68. The first-order valence-electron chi connectivity index (χ1n) is 6.65. The van der Waals surface area contributed by atoms with E-state index in [4.69, 9.17) is 0 Å². The molecule has 3 heteroatoms. The molecule has 1 aliphatic heterocycles. The van der Waals surface area contributed by atoms with E-state index < -0.39 is 0 Å². The van der Waals surface area contributed by atoms with Gasteiger partial charge < -0.3 is 10.2 Å². The van der Waals surface area contributed by atoms with Gasteiger partial charge in [0.25, 0.3) is 0 Å². The van der Waals surface area contributed by atoms with Crippen LogP contribution < -0.4 is 5.32 Å². The summed E-state index contributed by atoms with van der Waals surface area (Å²) in [6.45, 7) is 3.40. The molecule has 2 rings (SSSR count). The van der Waals surface area contributed by atoms with Crippen LogP contribution in [0.25, 0.3) is 0 Å². The molecule has 0 spiro atoms. The molecule has 0 saturated carbocycles. The topological polar surface area (TPSA) is 28.2 Å². The van der Waals surface area contributed by atoms with Gasteiger partial charge in [0, 0.05) is 25.0 Å². The molecular weight excluding hydrogens is 210 g/mol. The summed E-state index contributed by atoms with van der Waals surface area (Å²) < 4.78 is 0. The molecule has 1 aromatic heterocycles. The van der Waals surface area contributed by atoms with Gasteiger partial charge in [-0.15, -0.1) is 0 Å². The van der Waals surface area contributed by atoms with E-state index in [2.05, 4.69) is 34.4 Å². The van der Waals surface area contributed by atoms with E-state index in [1.54, 1.807) is 0 Å². The van der Waals surface area contributed by atoms with Crippen LogP contribution >= 0.6 is 0 Å². The molecule has 1 atom stereocenters. The van der Waals surface area contributed by atoms with Crippen molar-refractivity contribution in [1.82, 2.24) is 15.2 Å². The number of aromatic nitrogens is 1. The van der Waals surface area contributed by atoms with Crippen LogP contribution in [-0.4, -0.2) is 36.1 Å². The molecule has 2 heterocycles. The predicted molar refractivity (Wildman–Crippen MR) is 70.8 cm³/mol. The fraction of sp³-hybridized carbons (Fsp3) is 0.643. The Morgan fingerprint density at radius 2 is 2.18 bits per heavy atom. The zero-order valence-electron chi connectivity index (χ0n) is 10.7. The summed E-state index contributed by atoms with van der Waals surface area (Å²) in [5.74, 6) is 0. The van der Waals surface area contributed by atoms with Crippen molar-refractivity contribution in [2.45, 2.75) is 38.3 Å². The fourth-order valence-electron chi connectivity index (χ4n) is 2.43. The van der Waals surface area contributed by atoms with Gasteiger partial charge in [0.15, 0.2) is 0 Å². The molecule has 0 radical (unpaired) electrons. The van der Waals surface area contributed by atoms with Crippen LogP contribution in [0.1, 0.15) is 31.2 Å². The van der Waals surface area contributed by atoms with Crippen molar-refractivity contribution >= 4 is 0 Å². The minimum atomic E-state index is 0.739. The van der Waals surface area contributed by atoms with E-state index in [1.807, 2.05) is 12.4 Å². The van der Waals surface area contributed by atoms with Crippen LogP contribution in [0, 0.1) is 0 Å². The van der Waals surface area contributed by atoms with E-state index in [-0.39, 0.29) is 0 Å². The molecule has 1 unspecified atom stereocenters. The van der Waals surface area contributed by atoms with E-state index >= 15 is 0 Å². The zero-order valence-corrected chi connectivity index (χ0v) is 10.7. The Labute approximate surface area is 104 Å².